The molecular formula is C8H14FNO. The highest BCUT2D eigenvalue weighted by atomic mass is 19.1. The first-order valence-electron chi connectivity index (χ1n) is 4.04. The van der Waals surface area contributed by atoms with Gasteiger partial charge in [0.15, 0.2) is 6.17 Å². The summed E-state index contributed by atoms with van der Waals surface area (Å²) in [6.45, 7) is 5.34. The molecule has 1 atom stereocenters. The molecule has 1 saturated heterocycles. The van der Waals surface area contributed by atoms with Crippen LogP contribution in [0.2, 0.25) is 0 Å². The summed E-state index contributed by atoms with van der Waals surface area (Å²) >= 11 is 0. The highest BCUT2D eigenvalue weighted by molar-refractivity contribution is 5.82. The highest BCUT2D eigenvalue weighted by Crippen LogP contribution is 2.15. The fourth-order valence-electron chi connectivity index (χ4n) is 1.32. The average Bonchev–Trinajstić information content (AvgIpc) is 2.18. The maximum Gasteiger partial charge on any atom is 0.257 e. The topological polar surface area (TPSA) is 20.3 Å². The van der Waals surface area contributed by atoms with E-state index in [0.717, 1.165) is 0 Å². The van der Waals surface area contributed by atoms with Crippen LogP contribution in [0.15, 0.2) is 0 Å². The summed E-state index contributed by atoms with van der Waals surface area (Å²) in [6, 6.07) is 0. The molecule has 1 heterocycles. The molecule has 0 radical (unpaired) electrons. The number of likely N-dealkylation sites (tertiary alicyclic amines) is 1. The van der Waals surface area contributed by atoms with E-state index >= 15 is 0 Å². The number of hydrogen-bond donors (Lipinski definition) is 0. The minimum atomic E-state index is -1.23. The molecule has 2 nitrogen and oxygen atoms in total. The van der Waals surface area contributed by atoms with Crippen LogP contribution in [0.3, 0.4) is 0 Å². The fourth-order valence-corrected chi connectivity index (χ4v) is 1.32. The zero-order valence-corrected chi connectivity index (χ0v) is 7.01. The van der Waals surface area contributed by atoms with Crippen molar-refractivity contribution in [3.8, 4) is 0 Å². The van der Waals surface area contributed by atoms with E-state index in [-0.39, 0.29) is 5.91 Å². The number of rotatable bonds is 2. The number of amides is 1. The molecule has 0 aromatic carbocycles. The third-order valence-electron chi connectivity index (χ3n) is 1.82. The van der Waals surface area contributed by atoms with Crippen LogP contribution in [-0.2, 0) is 4.79 Å². The van der Waals surface area contributed by atoms with Gasteiger partial charge in [0, 0.05) is 19.5 Å². The van der Waals surface area contributed by atoms with Crippen molar-refractivity contribution in [3.63, 3.8) is 0 Å². The lowest BCUT2D eigenvalue weighted by Crippen LogP contribution is -2.31. The van der Waals surface area contributed by atoms with Crippen LogP contribution in [0.25, 0.3) is 0 Å². The zero-order valence-electron chi connectivity index (χ0n) is 7.01. The van der Waals surface area contributed by atoms with E-state index < -0.39 is 6.17 Å². The lowest BCUT2D eigenvalue weighted by molar-refractivity contribution is -0.132. The second kappa shape index (κ2) is 3.20. The second-order valence-electron chi connectivity index (χ2n) is 3.43. The maximum absolute atomic E-state index is 12.6. The predicted octanol–water partition coefficient (Wildman–Crippen LogP) is 1.21. The predicted molar refractivity (Wildman–Crippen MR) is 40.9 cm³/mol. The van der Waals surface area contributed by atoms with E-state index in [1.54, 1.807) is 4.90 Å². The van der Waals surface area contributed by atoms with Crippen molar-refractivity contribution < 1.29 is 9.18 Å². The Hall–Kier alpha value is -0.600. The quantitative estimate of drug-likeness (QED) is 0.593. The molecule has 0 aliphatic carbocycles. The van der Waals surface area contributed by atoms with Crippen LogP contribution in [0, 0.1) is 5.92 Å². The summed E-state index contributed by atoms with van der Waals surface area (Å²) in [5.41, 5.74) is 0. The van der Waals surface area contributed by atoms with Crippen molar-refractivity contribution in [2.24, 2.45) is 5.92 Å². The molecule has 0 bridgehead atoms. The van der Waals surface area contributed by atoms with Gasteiger partial charge < -0.3 is 4.90 Å². The minimum Gasteiger partial charge on any atom is -0.340 e. The number of hydrogen-bond acceptors (Lipinski definition) is 1. The Morgan fingerprint density at radius 2 is 2.36 bits per heavy atom. The largest absolute Gasteiger partial charge is 0.340 e. The summed E-state index contributed by atoms with van der Waals surface area (Å²) in [5.74, 6) is 0.114. The number of carbonyl (C=O) groups excluding carboxylic acids is 1. The van der Waals surface area contributed by atoms with Crippen LogP contribution in [-0.4, -0.2) is 30.1 Å². The van der Waals surface area contributed by atoms with Gasteiger partial charge >= 0.3 is 0 Å². The van der Waals surface area contributed by atoms with Crippen LogP contribution < -0.4 is 0 Å². The molecule has 1 aliphatic rings. The number of halogens is 1. The number of alkyl halides is 1. The van der Waals surface area contributed by atoms with Gasteiger partial charge in [-0.15, -0.1) is 0 Å². The van der Waals surface area contributed by atoms with Crippen molar-refractivity contribution in [2.75, 3.05) is 13.1 Å². The molecule has 0 N–H and O–H groups in total. The molecule has 0 aromatic rings. The first-order valence-corrected chi connectivity index (χ1v) is 4.04. The fraction of sp³-hybridized carbons (Fsp3) is 0.875. The Morgan fingerprint density at radius 1 is 1.73 bits per heavy atom. The second-order valence-corrected chi connectivity index (χ2v) is 3.43. The summed E-state index contributed by atoms with van der Waals surface area (Å²) < 4.78 is 12.6. The molecule has 1 aliphatic heterocycles. The lowest BCUT2D eigenvalue weighted by atomic mass is 10.2. The Morgan fingerprint density at radius 3 is 2.73 bits per heavy atom. The van der Waals surface area contributed by atoms with Gasteiger partial charge in [0.1, 0.15) is 0 Å². The Balaban J connectivity index is 2.42. The van der Waals surface area contributed by atoms with Crippen LogP contribution in [0.1, 0.15) is 20.3 Å². The highest BCUT2D eigenvalue weighted by Gasteiger charge is 2.31. The van der Waals surface area contributed by atoms with Gasteiger partial charge in [0.25, 0.3) is 5.91 Å². The van der Waals surface area contributed by atoms with Gasteiger partial charge in [0.05, 0.1) is 0 Å². The zero-order chi connectivity index (χ0) is 8.43. The normalized spacial score (nSPS) is 25.3. The molecule has 64 valence electrons. The average molecular weight is 159 g/mol. The minimum absolute atomic E-state index is 0.321. The number of nitrogens with zero attached hydrogens (tertiary/aromatic N) is 1. The standard InChI is InChI=1S/C8H14FNO/c1-6(2)5-10-4-3-7(9)8(10)11/h6-7H,3-5H2,1-2H3. The molecule has 11 heavy (non-hydrogen) atoms. The van der Waals surface area contributed by atoms with E-state index in [1.807, 2.05) is 13.8 Å². The molecule has 0 aromatic heterocycles. The van der Waals surface area contributed by atoms with Crippen molar-refractivity contribution in [2.45, 2.75) is 26.4 Å². The van der Waals surface area contributed by atoms with Crippen molar-refractivity contribution in [1.29, 1.82) is 0 Å². The smallest absolute Gasteiger partial charge is 0.257 e. The third kappa shape index (κ3) is 1.91. The van der Waals surface area contributed by atoms with Gasteiger partial charge in [-0.25, -0.2) is 4.39 Å². The van der Waals surface area contributed by atoms with Gasteiger partial charge in [-0.1, -0.05) is 13.8 Å². The lowest BCUT2D eigenvalue weighted by Gasteiger charge is -2.17. The SMILES string of the molecule is CC(C)CN1CCC(F)C1=O. The van der Waals surface area contributed by atoms with Gasteiger partial charge in [-0.2, -0.15) is 0 Å². The molecule has 1 fully saturated rings. The summed E-state index contributed by atoms with van der Waals surface area (Å²) in [4.78, 5) is 12.6. The van der Waals surface area contributed by atoms with E-state index in [4.69, 9.17) is 0 Å². The van der Waals surface area contributed by atoms with Crippen molar-refractivity contribution in [1.82, 2.24) is 4.90 Å². The molecule has 1 unspecified atom stereocenters. The first kappa shape index (κ1) is 8.50. The third-order valence-corrected chi connectivity index (χ3v) is 1.82. The molecule has 0 saturated carbocycles. The molecule has 0 spiro atoms. The van der Waals surface area contributed by atoms with Gasteiger partial charge in [-0.05, 0) is 5.92 Å². The van der Waals surface area contributed by atoms with Gasteiger partial charge in [0.2, 0.25) is 0 Å². The van der Waals surface area contributed by atoms with Crippen molar-refractivity contribution in [3.05, 3.63) is 0 Å². The number of carbonyl (C=O) groups is 1. The Kier molecular flexibility index (Phi) is 2.47. The molecule has 3 heteroatoms. The summed E-state index contributed by atoms with van der Waals surface area (Å²) in [6.07, 6.45) is -0.848. The summed E-state index contributed by atoms with van der Waals surface area (Å²) in [7, 11) is 0. The van der Waals surface area contributed by atoms with Crippen LogP contribution in [0.4, 0.5) is 4.39 Å². The van der Waals surface area contributed by atoms with E-state index in [1.165, 1.54) is 0 Å². The monoisotopic (exact) mass is 159 g/mol. The Labute approximate surface area is 66.4 Å². The van der Waals surface area contributed by atoms with E-state index in [2.05, 4.69) is 0 Å². The molecule has 1 rings (SSSR count). The summed E-state index contributed by atoms with van der Waals surface area (Å²) in [5, 5.41) is 0. The molecule has 1 amide bonds. The maximum atomic E-state index is 12.6. The van der Waals surface area contributed by atoms with Crippen LogP contribution >= 0.6 is 0 Å². The van der Waals surface area contributed by atoms with E-state index in [0.29, 0.717) is 25.4 Å². The Bertz CT molecular complexity index is 158. The molecular weight excluding hydrogens is 145 g/mol. The first-order chi connectivity index (χ1) is 5.11. The van der Waals surface area contributed by atoms with Crippen molar-refractivity contribution >= 4 is 5.91 Å². The van der Waals surface area contributed by atoms with Gasteiger partial charge in [-0.3, -0.25) is 4.79 Å². The van der Waals surface area contributed by atoms with Crippen LogP contribution in [0.5, 0.6) is 0 Å². The van der Waals surface area contributed by atoms with E-state index in [9.17, 15) is 9.18 Å².